The van der Waals surface area contributed by atoms with Gasteiger partial charge in [0.05, 0.1) is 5.25 Å². The maximum absolute atomic E-state index is 12.8. The number of likely N-dealkylation sites (tertiary alicyclic amines) is 1. The lowest BCUT2D eigenvalue weighted by molar-refractivity contribution is -0.130. The van der Waals surface area contributed by atoms with Gasteiger partial charge >= 0.3 is 0 Å². The van der Waals surface area contributed by atoms with Crippen molar-refractivity contribution >= 4 is 39.2 Å². The Balaban J connectivity index is 1.56. The number of carbonyl (C=O) groups excluding carboxylic acids is 1. The smallest absolute Gasteiger partial charge is 0.235 e. The van der Waals surface area contributed by atoms with Crippen LogP contribution in [0.1, 0.15) is 49.5 Å². The third kappa shape index (κ3) is 3.06. The van der Waals surface area contributed by atoms with Crippen molar-refractivity contribution in [2.75, 3.05) is 13.1 Å². The second-order valence-electron chi connectivity index (χ2n) is 6.72. The average Bonchev–Trinajstić information content (AvgIpc) is 3.05. The Kier molecular flexibility index (Phi) is 4.77. The molecule has 0 aromatic carbocycles. The molecule has 0 saturated carbocycles. The molecule has 0 unspecified atom stereocenters. The van der Waals surface area contributed by atoms with Gasteiger partial charge in [-0.15, -0.1) is 11.3 Å². The van der Waals surface area contributed by atoms with E-state index in [9.17, 15) is 4.79 Å². The summed E-state index contributed by atoms with van der Waals surface area (Å²) in [6.45, 7) is 3.85. The van der Waals surface area contributed by atoms with E-state index in [0.29, 0.717) is 0 Å². The zero-order valence-electron chi connectivity index (χ0n) is 14.1. The number of fused-ring (bicyclic) bond motifs is 3. The van der Waals surface area contributed by atoms with E-state index in [1.807, 2.05) is 18.3 Å². The zero-order chi connectivity index (χ0) is 16.5. The van der Waals surface area contributed by atoms with E-state index in [1.54, 1.807) is 18.1 Å². The summed E-state index contributed by atoms with van der Waals surface area (Å²) in [5.74, 6) is 0.264. The molecular formula is C18H23N3OS2. The molecule has 0 spiro atoms. The molecule has 3 heterocycles. The van der Waals surface area contributed by atoms with Crippen LogP contribution in [0.15, 0.2) is 11.4 Å². The first kappa shape index (κ1) is 16.3. The van der Waals surface area contributed by atoms with Crippen LogP contribution >= 0.6 is 23.1 Å². The van der Waals surface area contributed by atoms with Crippen molar-refractivity contribution in [3.8, 4) is 0 Å². The number of hydrogen-bond acceptors (Lipinski definition) is 5. The third-order valence-corrected chi connectivity index (χ3v) is 7.31. The van der Waals surface area contributed by atoms with Crippen LogP contribution in [0.5, 0.6) is 0 Å². The van der Waals surface area contributed by atoms with Crippen LogP contribution in [0.3, 0.4) is 0 Å². The van der Waals surface area contributed by atoms with Crippen molar-refractivity contribution in [1.82, 2.24) is 14.9 Å². The van der Waals surface area contributed by atoms with E-state index in [-0.39, 0.29) is 11.2 Å². The minimum absolute atomic E-state index is 0.0850. The molecule has 1 aliphatic carbocycles. The van der Waals surface area contributed by atoms with E-state index in [2.05, 4.69) is 14.9 Å². The Labute approximate surface area is 151 Å². The lowest BCUT2D eigenvalue weighted by Crippen LogP contribution is -2.37. The molecular weight excluding hydrogens is 338 g/mol. The van der Waals surface area contributed by atoms with Crippen molar-refractivity contribution in [3.05, 3.63) is 16.8 Å². The predicted molar refractivity (Wildman–Crippen MR) is 99.8 cm³/mol. The standard InChI is InChI=1S/C18H23N3OS2/c1-12(18(22)21-9-4-2-3-5-10-21)23-16-15-13-7-6-8-14(13)24-17(15)20-11-19-16/h11-12H,2-10H2,1H3/t12-/m1/s1. The third-order valence-electron chi connectivity index (χ3n) is 5.02. The maximum atomic E-state index is 12.8. The van der Waals surface area contributed by atoms with Gasteiger partial charge in [-0.1, -0.05) is 24.6 Å². The molecule has 128 valence electrons. The highest BCUT2D eigenvalue weighted by Gasteiger charge is 2.26. The zero-order valence-corrected chi connectivity index (χ0v) is 15.7. The summed E-state index contributed by atoms with van der Waals surface area (Å²) in [6.07, 6.45) is 9.96. The number of carbonyl (C=O) groups is 1. The van der Waals surface area contributed by atoms with Crippen molar-refractivity contribution in [1.29, 1.82) is 0 Å². The highest BCUT2D eigenvalue weighted by molar-refractivity contribution is 8.00. The number of thiophene rings is 1. The summed E-state index contributed by atoms with van der Waals surface area (Å²) >= 11 is 3.42. The van der Waals surface area contributed by atoms with E-state index >= 15 is 0 Å². The van der Waals surface area contributed by atoms with Crippen molar-refractivity contribution in [2.24, 2.45) is 0 Å². The number of thioether (sulfide) groups is 1. The number of aryl methyl sites for hydroxylation is 2. The van der Waals surface area contributed by atoms with E-state index < -0.39 is 0 Å². The molecule has 1 fully saturated rings. The van der Waals surface area contributed by atoms with Crippen LogP contribution in [0.4, 0.5) is 0 Å². The van der Waals surface area contributed by atoms with Crippen molar-refractivity contribution < 1.29 is 4.79 Å². The molecule has 6 heteroatoms. The Morgan fingerprint density at radius 1 is 1.17 bits per heavy atom. The molecule has 1 saturated heterocycles. The minimum Gasteiger partial charge on any atom is -0.342 e. The normalized spacial score (nSPS) is 19.3. The molecule has 24 heavy (non-hydrogen) atoms. The van der Waals surface area contributed by atoms with Gasteiger partial charge in [0.25, 0.3) is 0 Å². The minimum atomic E-state index is -0.0850. The van der Waals surface area contributed by atoms with Gasteiger partial charge in [0, 0.05) is 23.4 Å². The highest BCUT2D eigenvalue weighted by atomic mass is 32.2. The van der Waals surface area contributed by atoms with E-state index in [4.69, 9.17) is 0 Å². The van der Waals surface area contributed by atoms with Crippen LogP contribution in [0.25, 0.3) is 10.2 Å². The second kappa shape index (κ2) is 7.00. The molecule has 0 N–H and O–H groups in total. The molecule has 0 radical (unpaired) electrons. The molecule has 1 amide bonds. The fraction of sp³-hybridized carbons (Fsp3) is 0.611. The number of nitrogens with zero attached hydrogens (tertiary/aromatic N) is 3. The highest BCUT2D eigenvalue weighted by Crippen LogP contribution is 2.41. The fourth-order valence-electron chi connectivity index (χ4n) is 3.76. The Morgan fingerprint density at radius 2 is 1.96 bits per heavy atom. The first-order chi connectivity index (χ1) is 11.7. The maximum Gasteiger partial charge on any atom is 0.235 e. The number of aromatic nitrogens is 2. The number of rotatable bonds is 3. The molecule has 4 rings (SSSR count). The Bertz CT molecular complexity index is 750. The molecule has 4 nitrogen and oxygen atoms in total. The molecule has 2 aliphatic rings. The van der Waals surface area contributed by atoms with Gasteiger partial charge in [0.15, 0.2) is 0 Å². The number of amides is 1. The molecule has 1 atom stereocenters. The summed E-state index contributed by atoms with van der Waals surface area (Å²) in [5, 5.41) is 2.13. The summed E-state index contributed by atoms with van der Waals surface area (Å²) in [4.78, 5) is 26.4. The molecule has 0 bridgehead atoms. The van der Waals surface area contributed by atoms with Crippen LogP contribution in [0.2, 0.25) is 0 Å². The predicted octanol–water partition coefficient (Wildman–Crippen LogP) is 4.06. The first-order valence-electron chi connectivity index (χ1n) is 8.95. The fourth-order valence-corrected chi connectivity index (χ4v) is 6.08. The first-order valence-corrected chi connectivity index (χ1v) is 10.6. The van der Waals surface area contributed by atoms with Crippen molar-refractivity contribution in [3.63, 3.8) is 0 Å². The van der Waals surface area contributed by atoms with Gasteiger partial charge in [0.2, 0.25) is 5.91 Å². The molecule has 2 aromatic rings. The van der Waals surface area contributed by atoms with Crippen LogP contribution in [-0.4, -0.2) is 39.1 Å². The summed E-state index contributed by atoms with van der Waals surface area (Å²) in [6, 6.07) is 0. The lowest BCUT2D eigenvalue weighted by Gasteiger charge is -2.23. The Hall–Kier alpha value is -1.14. The summed E-state index contributed by atoms with van der Waals surface area (Å²) < 4.78 is 0. The topological polar surface area (TPSA) is 46.1 Å². The van der Waals surface area contributed by atoms with Crippen LogP contribution in [0, 0.1) is 0 Å². The monoisotopic (exact) mass is 361 g/mol. The molecule has 1 aliphatic heterocycles. The van der Waals surface area contributed by atoms with Gasteiger partial charge in [0.1, 0.15) is 16.2 Å². The average molecular weight is 362 g/mol. The van der Waals surface area contributed by atoms with Gasteiger partial charge in [-0.3, -0.25) is 4.79 Å². The molecule has 2 aromatic heterocycles. The van der Waals surface area contributed by atoms with Crippen LogP contribution in [-0.2, 0) is 17.6 Å². The van der Waals surface area contributed by atoms with Gasteiger partial charge in [-0.05, 0) is 44.6 Å². The van der Waals surface area contributed by atoms with Gasteiger partial charge < -0.3 is 4.90 Å². The van der Waals surface area contributed by atoms with E-state index in [0.717, 1.165) is 42.2 Å². The van der Waals surface area contributed by atoms with Gasteiger partial charge in [-0.2, -0.15) is 0 Å². The van der Waals surface area contributed by atoms with Crippen molar-refractivity contribution in [2.45, 2.75) is 62.1 Å². The summed E-state index contributed by atoms with van der Waals surface area (Å²) in [7, 11) is 0. The van der Waals surface area contributed by atoms with Crippen LogP contribution < -0.4 is 0 Å². The number of hydrogen-bond donors (Lipinski definition) is 0. The SMILES string of the molecule is C[C@@H](Sc1ncnc2sc3c(c12)CCC3)C(=O)N1CCCCCC1. The second-order valence-corrected chi connectivity index (χ2v) is 9.13. The summed E-state index contributed by atoms with van der Waals surface area (Å²) in [5.41, 5.74) is 1.44. The lowest BCUT2D eigenvalue weighted by atomic mass is 10.2. The quantitative estimate of drug-likeness (QED) is 0.611. The van der Waals surface area contributed by atoms with E-state index in [1.165, 1.54) is 41.5 Å². The largest absolute Gasteiger partial charge is 0.342 e. The van der Waals surface area contributed by atoms with Gasteiger partial charge in [-0.25, -0.2) is 9.97 Å². The Morgan fingerprint density at radius 3 is 2.75 bits per heavy atom.